The number of fused-ring (bicyclic) bond motifs is 4. The van der Waals surface area contributed by atoms with Crippen LogP contribution in [0.2, 0.25) is 0 Å². The Kier molecular flexibility index (Phi) is 11.2. The van der Waals surface area contributed by atoms with Crippen LogP contribution in [0.1, 0.15) is 63.6 Å². The van der Waals surface area contributed by atoms with Gasteiger partial charge >= 0.3 is 5.97 Å². The maximum absolute atomic E-state index is 16.0. The molecule has 6 atom stereocenters. The standard InChI is InChI=1S/C50H47N3O9/c1-59-40-28-34-21-22-52(30-36(34)29-41(40)60-2)47(56)42-44-48(57)62-45(33-15-7-4-8-16-33)43(32-13-5-3-6-14-32)53(44)46(35-17-11-18-37(27-35)61-25-24-55)50(42)38-26-31(12-9-10-23-54)19-20-39(38)51-49(50)58/h3-8,11,13-20,26-29,42-46,54-55H,10,21-25,30H2,1-2H3,(H,51,58)/t42-,43-,44-,45+,46+,50-/m0/s1. The molecule has 2 fully saturated rings. The lowest BCUT2D eigenvalue weighted by atomic mass is 9.64. The van der Waals surface area contributed by atoms with Crippen LogP contribution in [0.25, 0.3) is 0 Å². The molecule has 2 saturated heterocycles. The van der Waals surface area contributed by atoms with Gasteiger partial charge in [0, 0.05) is 30.8 Å². The predicted octanol–water partition coefficient (Wildman–Crippen LogP) is 5.66. The molecular formula is C50H47N3O9. The molecule has 0 unspecified atom stereocenters. The highest BCUT2D eigenvalue weighted by molar-refractivity contribution is 6.12. The number of methoxy groups -OCH3 is 2. The number of carbonyl (C=O) groups excluding carboxylic acids is 3. The monoisotopic (exact) mass is 833 g/mol. The Bertz CT molecular complexity index is 2570. The van der Waals surface area contributed by atoms with Crippen molar-refractivity contribution in [2.45, 2.75) is 49.0 Å². The molecule has 4 heterocycles. The number of aliphatic hydroxyl groups is 2. The summed E-state index contributed by atoms with van der Waals surface area (Å²) < 4.78 is 23.8. The Hall–Kier alpha value is -6.65. The summed E-state index contributed by atoms with van der Waals surface area (Å²) in [5.74, 6) is 4.98. The van der Waals surface area contributed by atoms with Crippen molar-refractivity contribution in [2.75, 3.05) is 45.9 Å². The molecular weight excluding hydrogens is 787 g/mol. The number of cyclic esters (lactones) is 1. The molecule has 0 aliphatic carbocycles. The van der Waals surface area contributed by atoms with E-state index in [1.54, 1.807) is 37.3 Å². The Morgan fingerprint density at radius 1 is 0.823 bits per heavy atom. The van der Waals surface area contributed by atoms with Crippen molar-refractivity contribution in [2.24, 2.45) is 5.92 Å². The number of anilines is 1. The number of hydrogen-bond acceptors (Lipinski definition) is 10. The summed E-state index contributed by atoms with van der Waals surface area (Å²) in [6, 6.07) is 33.0. The Morgan fingerprint density at radius 2 is 1.53 bits per heavy atom. The molecule has 0 radical (unpaired) electrons. The predicted molar refractivity (Wildman–Crippen MR) is 229 cm³/mol. The highest BCUT2D eigenvalue weighted by Gasteiger charge is 2.74. The van der Waals surface area contributed by atoms with E-state index < -0.39 is 47.4 Å². The fourth-order valence-corrected chi connectivity index (χ4v) is 10.1. The average molecular weight is 834 g/mol. The van der Waals surface area contributed by atoms with Crippen LogP contribution in [-0.4, -0.2) is 84.4 Å². The van der Waals surface area contributed by atoms with Gasteiger partial charge in [-0.15, -0.1) is 0 Å². The Balaban J connectivity index is 1.31. The normalized spacial score (nSPS) is 23.6. The number of morpholine rings is 1. The van der Waals surface area contributed by atoms with Crippen LogP contribution < -0.4 is 19.5 Å². The number of amides is 2. The second-order valence-electron chi connectivity index (χ2n) is 15.9. The molecule has 12 nitrogen and oxygen atoms in total. The zero-order valence-corrected chi connectivity index (χ0v) is 34.5. The highest BCUT2D eigenvalue weighted by Crippen LogP contribution is 2.65. The topological polar surface area (TPSA) is 147 Å². The fraction of sp³-hybridized carbons (Fsp3) is 0.300. The lowest BCUT2D eigenvalue weighted by Gasteiger charge is -2.46. The number of benzene rings is 5. The third-order valence-corrected chi connectivity index (χ3v) is 12.6. The highest BCUT2D eigenvalue weighted by atomic mass is 16.6. The van der Waals surface area contributed by atoms with E-state index in [0.717, 1.165) is 22.3 Å². The van der Waals surface area contributed by atoms with Gasteiger partial charge in [-0.2, -0.15) is 0 Å². The zero-order valence-electron chi connectivity index (χ0n) is 34.5. The SMILES string of the molecule is COc1cc2c(cc1OC)CN(C(=O)[C@@H]1[C@H]3C(=O)O[C@H](c4ccccc4)[C@H](c4ccccc4)N3[C@H](c3cccc(OCCO)c3)[C@@]13C(=O)Nc1ccc(C#CCCO)cc13)CC2. The smallest absolute Gasteiger partial charge is 0.324 e. The minimum absolute atomic E-state index is 0.0358. The van der Waals surface area contributed by atoms with Gasteiger partial charge in [0.15, 0.2) is 11.5 Å². The van der Waals surface area contributed by atoms with Crippen LogP contribution >= 0.6 is 0 Å². The first-order valence-electron chi connectivity index (χ1n) is 20.8. The van der Waals surface area contributed by atoms with Gasteiger partial charge in [0.25, 0.3) is 0 Å². The first kappa shape index (κ1) is 40.7. The molecule has 316 valence electrons. The number of rotatable bonds is 10. The van der Waals surface area contributed by atoms with Crippen LogP contribution in [0, 0.1) is 17.8 Å². The van der Waals surface area contributed by atoms with E-state index in [0.29, 0.717) is 52.6 Å². The molecule has 62 heavy (non-hydrogen) atoms. The summed E-state index contributed by atoms with van der Waals surface area (Å²) in [5, 5.41) is 22.4. The maximum Gasteiger partial charge on any atom is 0.324 e. The van der Waals surface area contributed by atoms with E-state index in [1.807, 2.05) is 97.1 Å². The van der Waals surface area contributed by atoms with E-state index in [2.05, 4.69) is 22.1 Å². The van der Waals surface area contributed by atoms with Gasteiger partial charge in [-0.3, -0.25) is 19.3 Å². The maximum atomic E-state index is 16.0. The molecule has 5 aromatic carbocycles. The van der Waals surface area contributed by atoms with Gasteiger partial charge in [-0.1, -0.05) is 84.6 Å². The summed E-state index contributed by atoms with van der Waals surface area (Å²) in [6.07, 6.45) is -0.0735. The largest absolute Gasteiger partial charge is 0.493 e. The second kappa shape index (κ2) is 17.0. The molecule has 0 bridgehead atoms. The molecule has 5 aromatic rings. The molecule has 0 saturated carbocycles. The van der Waals surface area contributed by atoms with Crippen molar-refractivity contribution < 1.29 is 43.5 Å². The molecule has 9 rings (SSSR count). The number of nitrogens with zero attached hydrogens (tertiary/aromatic N) is 2. The van der Waals surface area contributed by atoms with Gasteiger partial charge < -0.3 is 39.4 Å². The number of ether oxygens (including phenoxy) is 4. The van der Waals surface area contributed by atoms with E-state index in [-0.39, 0.29) is 38.7 Å². The lowest BCUT2D eigenvalue weighted by molar-refractivity contribution is -0.179. The molecule has 12 heteroatoms. The summed E-state index contributed by atoms with van der Waals surface area (Å²) >= 11 is 0. The van der Waals surface area contributed by atoms with Crippen LogP contribution in [0.4, 0.5) is 5.69 Å². The molecule has 4 aliphatic rings. The molecule has 1 spiro atoms. The minimum atomic E-state index is -1.73. The van der Waals surface area contributed by atoms with Gasteiger partial charge in [0.2, 0.25) is 11.8 Å². The quantitative estimate of drug-likeness (QED) is 0.119. The third kappa shape index (κ3) is 6.83. The third-order valence-electron chi connectivity index (χ3n) is 12.6. The lowest BCUT2D eigenvalue weighted by Crippen LogP contribution is -2.56. The van der Waals surface area contributed by atoms with Crippen LogP contribution in [-0.2, 0) is 37.5 Å². The van der Waals surface area contributed by atoms with Gasteiger partial charge in [0.05, 0.1) is 45.4 Å². The van der Waals surface area contributed by atoms with Crippen molar-refractivity contribution in [3.05, 3.63) is 154 Å². The van der Waals surface area contributed by atoms with E-state index in [1.165, 1.54) is 0 Å². The van der Waals surface area contributed by atoms with Gasteiger partial charge in [-0.25, -0.2) is 0 Å². The first-order valence-corrected chi connectivity index (χ1v) is 20.8. The number of carbonyl (C=O) groups is 3. The fourth-order valence-electron chi connectivity index (χ4n) is 10.1. The first-order chi connectivity index (χ1) is 30.3. The van der Waals surface area contributed by atoms with Gasteiger partial charge in [0.1, 0.15) is 29.9 Å². The van der Waals surface area contributed by atoms with Crippen molar-refractivity contribution in [1.82, 2.24) is 9.80 Å². The number of nitrogens with one attached hydrogen (secondary N) is 1. The summed E-state index contributed by atoms with van der Waals surface area (Å²) in [4.78, 5) is 50.7. The summed E-state index contributed by atoms with van der Waals surface area (Å²) in [5.41, 5.74) is 3.97. The van der Waals surface area contributed by atoms with Crippen LogP contribution in [0.5, 0.6) is 17.2 Å². The zero-order chi connectivity index (χ0) is 43.0. The van der Waals surface area contributed by atoms with Gasteiger partial charge in [-0.05, 0) is 82.3 Å². The molecule has 3 N–H and O–H groups in total. The minimum Gasteiger partial charge on any atom is -0.493 e. The van der Waals surface area contributed by atoms with E-state index in [9.17, 15) is 10.2 Å². The number of esters is 1. The molecule has 4 aliphatic heterocycles. The number of hydrogen-bond donors (Lipinski definition) is 3. The van der Waals surface area contributed by atoms with Crippen molar-refractivity contribution in [3.63, 3.8) is 0 Å². The van der Waals surface area contributed by atoms with Crippen molar-refractivity contribution >= 4 is 23.5 Å². The van der Waals surface area contributed by atoms with E-state index in [4.69, 9.17) is 18.9 Å². The summed E-state index contributed by atoms with van der Waals surface area (Å²) in [7, 11) is 3.15. The Labute approximate surface area is 360 Å². The average Bonchev–Trinajstić information content (AvgIpc) is 3.79. The van der Waals surface area contributed by atoms with Crippen LogP contribution in [0.15, 0.2) is 115 Å². The van der Waals surface area contributed by atoms with Crippen LogP contribution in [0.3, 0.4) is 0 Å². The Morgan fingerprint density at radius 3 is 2.24 bits per heavy atom. The molecule has 2 amide bonds. The summed E-state index contributed by atoms with van der Waals surface area (Å²) in [6.45, 7) is 0.230. The van der Waals surface area contributed by atoms with Crippen molar-refractivity contribution in [3.8, 4) is 29.1 Å². The van der Waals surface area contributed by atoms with E-state index >= 15 is 14.4 Å². The number of aliphatic hydroxyl groups excluding tert-OH is 2. The second-order valence-corrected chi connectivity index (χ2v) is 15.9. The molecule has 0 aromatic heterocycles. The van der Waals surface area contributed by atoms with Crippen molar-refractivity contribution in [1.29, 1.82) is 0 Å².